The minimum atomic E-state index is -4.08. The standard InChI is InChI=1S/C25H26FNO5S/c1-3-19(2)27(25(28)18-31-22-7-5-4-6-8-22)17-20-9-13-23(14-10-20)32-33(29,30)24-15-11-21(26)12-16-24/h4-16,19H,3,17-18H2,1-2H3/t19-/m1/s1. The van der Waals surface area contributed by atoms with Crippen LogP contribution in [0.1, 0.15) is 25.8 Å². The SMILES string of the molecule is CC[C@@H](C)N(Cc1ccc(OS(=O)(=O)c2ccc(F)cc2)cc1)C(=O)COc1ccccc1. The lowest BCUT2D eigenvalue weighted by Crippen LogP contribution is -2.40. The first-order valence-electron chi connectivity index (χ1n) is 10.5. The highest BCUT2D eigenvalue weighted by atomic mass is 32.2. The molecule has 0 aliphatic rings. The Balaban J connectivity index is 1.66. The van der Waals surface area contributed by atoms with Gasteiger partial charge in [-0.2, -0.15) is 8.42 Å². The van der Waals surface area contributed by atoms with Crippen LogP contribution in [0.5, 0.6) is 11.5 Å². The number of benzene rings is 3. The molecular formula is C25H26FNO5S. The fourth-order valence-corrected chi connectivity index (χ4v) is 4.01. The fourth-order valence-electron chi connectivity index (χ4n) is 3.08. The van der Waals surface area contributed by atoms with Crippen LogP contribution in [0.25, 0.3) is 0 Å². The van der Waals surface area contributed by atoms with E-state index in [9.17, 15) is 17.6 Å². The van der Waals surface area contributed by atoms with Crippen LogP contribution in [0.3, 0.4) is 0 Å². The molecule has 0 bridgehead atoms. The number of hydrogen-bond donors (Lipinski definition) is 0. The van der Waals surface area contributed by atoms with E-state index in [0.29, 0.717) is 12.3 Å². The molecule has 0 N–H and O–H groups in total. The van der Waals surface area contributed by atoms with E-state index in [4.69, 9.17) is 8.92 Å². The molecule has 0 aliphatic carbocycles. The van der Waals surface area contributed by atoms with Crippen LogP contribution in [0.15, 0.2) is 83.8 Å². The molecule has 0 heterocycles. The lowest BCUT2D eigenvalue weighted by Gasteiger charge is -2.29. The first kappa shape index (κ1) is 24.3. The molecule has 33 heavy (non-hydrogen) atoms. The smallest absolute Gasteiger partial charge is 0.339 e. The quantitative estimate of drug-likeness (QED) is 0.397. The summed E-state index contributed by atoms with van der Waals surface area (Å²) in [6, 6.07) is 20.0. The molecule has 0 saturated heterocycles. The Bertz CT molecular complexity index is 1150. The van der Waals surface area contributed by atoms with Gasteiger partial charge in [-0.1, -0.05) is 37.3 Å². The van der Waals surface area contributed by atoms with Gasteiger partial charge in [-0.3, -0.25) is 4.79 Å². The number of ether oxygens (including phenoxy) is 1. The van der Waals surface area contributed by atoms with Crippen LogP contribution in [-0.2, 0) is 21.5 Å². The van der Waals surface area contributed by atoms with Crippen LogP contribution >= 0.6 is 0 Å². The summed E-state index contributed by atoms with van der Waals surface area (Å²) < 4.78 is 48.5. The largest absolute Gasteiger partial charge is 0.484 e. The summed E-state index contributed by atoms with van der Waals surface area (Å²) >= 11 is 0. The summed E-state index contributed by atoms with van der Waals surface area (Å²) in [5.74, 6) is 0.0658. The maximum atomic E-state index is 13.1. The van der Waals surface area contributed by atoms with Crippen LogP contribution < -0.4 is 8.92 Å². The Labute approximate surface area is 193 Å². The summed E-state index contributed by atoms with van der Waals surface area (Å²) in [6.45, 7) is 4.23. The van der Waals surface area contributed by atoms with Crippen molar-refractivity contribution in [2.75, 3.05) is 6.61 Å². The van der Waals surface area contributed by atoms with Gasteiger partial charge < -0.3 is 13.8 Å². The van der Waals surface area contributed by atoms with Gasteiger partial charge in [0.05, 0.1) is 0 Å². The zero-order valence-electron chi connectivity index (χ0n) is 18.5. The Morgan fingerprint density at radius 3 is 2.18 bits per heavy atom. The highest BCUT2D eigenvalue weighted by Gasteiger charge is 2.21. The van der Waals surface area contributed by atoms with E-state index in [1.165, 1.54) is 12.1 Å². The summed E-state index contributed by atoms with van der Waals surface area (Å²) in [4.78, 5) is 14.4. The number of carbonyl (C=O) groups is 1. The third kappa shape index (κ3) is 6.79. The zero-order valence-corrected chi connectivity index (χ0v) is 19.3. The molecule has 0 aromatic heterocycles. The van der Waals surface area contributed by atoms with Crippen molar-refractivity contribution >= 4 is 16.0 Å². The van der Waals surface area contributed by atoms with Crippen molar-refractivity contribution in [2.24, 2.45) is 0 Å². The van der Waals surface area contributed by atoms with Gasteiger partial charge in [0.15, 0.2) is 6.61 Å². The summed E-state index contributed by atoms with van der Waals surface area (Å²) in [6.07, 6.45) is 0.772. The highest BCUT2D eigenvalue weighted by Crippen LogP contribution is 2.21. The maximum absolute atomic E-state index is 13.1. The Morgan fingerprint density at radius 2 is 1.58 bits per heavy atom. The van der Waals surface area contributed by atoms with Gasteiger partial charge in [-0.15, -0.1) is 0 Å². The minimum absolute atomic E-state index is 0.00773. The summed E-state index contributed by atoms with van der Waals surface area (Å²) in [5.41, 5.74) is 0.815. The molecule has 174 valence electrons. The van der Waals surface area contributed by atoms with Crippen LogP contribution in [0.2, 0.25) is 0 Å². The van der Waals surface area contributed by atoms with Crippen LogP contribution in [0, 0.1) is 5.82 Å². The van der Waals surface area contributed by atoms with Gasteiger partial charge in [-0.05, 0) is 67.4 Å². The van der Waals surface area contributed by atoms with Crippen LogP contribution in [0.4, 0.5) is 4.39 Å². The van der Waals surface area contributed by atoms with Crippen molar-refractivity contribution in [1.29, 1.82) is 0 Å². The second-order valence-corrected chi connectivity index (χ2v) is 9.06. The van der Waals surface area contributed by atoms with Crippen molar-refractivity contribution in [3.05, 3.63) is 90.2 Å². The normalized spacial score (nSPS) is 12.1. The van der Waals surface area contributed by atoms with Gasteiger partial charge in [0.2, 0.25) is 0 Å². The predicted octanol–water partition coefficient (Wildman–Crippen LogP) is 4.80. The molecule has 0 radical (unpaired) electrons. The van der Waals surface area contributed by atoms with Gasteiger partial charge in [0.1, 0.15) is 22.2 Å². The second kappa shape index (κ2) is 11.0. The van der Waals surface area contributed by atoms with Gasteiger partial charge in [0.25, 0.3) is 5.91 Å². The Hall–Kier alpha value is -3.39. The maximum Gasteiger partial charge on any atom is 0.339 e. The van der Waals surface area contributed by atoms with E-state index in [1.807, 2.05) is 32.0 Å². The molecule has 3 aromatic rings. The molecule has 6 nitrogen and oxygen atoms in total. The molecule has 0 fully saturated rings. The number of carbonyl (C=O) groups excluding carboxylic acids is 1. The topological polar surface area (TPSA) is 72.9 Å². The first-order chi connectivity index (χ1) is 15.8. The number of rotatable bonds is 10. The van der Waals surface area contributed by atoms with Crippen molar-refractivity contribution in [1.82, 2.24) is 4.90 Å². The molecule has 0 aliphatic heterocycles. The van der Waals surface area contributed by atoms with E-state index < -0.39 is 15.9 Å². The molecular weight excluding hydrogens is 445 g/mol. The highest BCUT2D eigenvalue weighted by molar-refractivity contribution is 7.87. The fraction of sp³-hybridized carbons (Fsp3) is 0.240. The monoisotopic (exact) mass is 471 g/mol. The molecule has 0 unspecified atom stereocenters. The van der Waals surface area contributed by atoms with E-state index in [0.717, 1.165) is 36.2 Å². The Kier molecular flexibility index (Phi) is 8.06. The van der Waals surface area contributed by atoms with Crippen molar-refractivity contribution in [3.63, 3.8) is 0 Å². The summed E-state index contributed by atoms with van der Waals surface area (Å²) in [5, 5.41) is 0. The van der Waals surface area contributed by atoms with E-state index in [2.05, 4.69) is 0 Å². The molecule has 1 atom stereocenters. The van der Waals surface area contributed by atoms with Gasteiger partial charge in [0, 0.05) is 12.6 Å². The lowest BCUT2D eigenvalue weighted by molar-refractivity contribution is -0.136. The number of para-hydroxylation sites is 1. The zero-order chi connectivity index (χ0) is 23.8. The van der Waals surface area contributed by atoms with E-state index in [1.54, 1.807) is 29.2 Å². The number of hydrogen-bond acceptors (Lipinski definition) is 5. The molecule has 3 rings (SSSR count). The van der Waals surface area contributed by atoms with E-state index >= 15 is 0 Å². The average molecular weight is 472 g/mol. The predicted molar refractivity (Wildman–Crippen MR) is 123 cm³/mol. The lowest BCUT2D eigenvalue weighted by atomic mass is 10.1. The van der Waals surface area contributed by atoms with Crippen molar-refractivity contribution < 1.29 is 26.5 Å². The van der Waals surface area contributed by atoms with Crippen LogP contribution in [-0.4, -0.2) is 31.9 Å². The first-order valence-corrected chi connectivity index (χ1v) is 12.0. The summed E-state index contributed by atoms with van der Waals surface area (Å²) in [7, 11) is -4.08. The van der Waals surface area contributed by atoms with Gasteiger partial charge in [-0.25, -0.2) is 4.39 Å². The average Bonchev–Trinajstić information content (AvgIpc) is 2.82. The molecule has 0 saturated carbocycles. The third-order valence-electron chi connectivity index (χ3n) is 5.13. The molecule has 1 amide bonds. The van der Waals surface area contributed by atoms with Crippen molar-refractivity contribution in [3.8, 4) is 11.5 Å². The number of nitrogens with zero attached hydrogens (tertiary/aromatic N) is 1. The number of amides is 1. The molecule has 8 heteroatoms. The van der Waals surface area contributed by atoms with Gasteiger partial charge >= 0.3 is 10.1 Å². The molecule has 0 spiro atoms. The molecule has 3 aromatic carbocycles. The Morgan fingerprint density at radius 1 is 0.939 bits per heavy atom. The second-order valence-electron chi connectivity index (χ2n) is 7.52. The minimum Gasteiger partial charge on any atom is -0.484 e. The third-order valence-corrected chi connectivity index (χ3v) is 6.39. The van der Waals surface area contributed by atoms with Crippen molar-refractivity contribution in [2.45, 2.75) is 37.8 Å². The van der Waals surface area contributed by atoms with E-state index in [-0.39, 0.29) is 29.2 Å². The number of halogens is 1.